The maximum atomic E-state index is 12.9. The lowest BCUT2D eigenvalue weighted by molar-refractivity contribution is -0.125. The van der Waals surface area contributed by atoms with Crippen molar-refractivity contribution >= 4 is 29.1 Å². The van der Waals surface area contributed by atoms with Crippen molar-refractivity contribution in [1.82, 2.24) is 5.32 Å². The summed E-state index contributed by atoms with van der Waals surface area (Å²) in [4.78, 5) is 26.9. The van der Waals surface area contributed by atoms with Gasteiger partial charge < -0.3 is 5.32 Å². The number of halogens is 1. The van der Waals surface area contributed by atoms with E-state index in [0.717, 1.165) is 18.5 Å². The molecule has 4 nitrogen and oxygen atoms in total. The summed E-state index contributed by atoms with van der Waals surface area (Å²) in [6.45, 7) is 6.78. The number of rotatable bonds is 3. The number of hydrogen-bond donors (Lipinski definition) is 1. The second kappa shape index (κ2) is 6.99. The van der Waals surface area contributed by atoms with Crippen LogP contribution in [0.25, 0.3) is 0 Å². The molecule has 1 aliphatic heterocycles. The van der Waals surface area contributed by atoms with Gasteiger partial charge in [0.2, 0.25) is 11.8 Å². The molecule has 25 heavy (non-hydrogen) atoms. The first-order chi connectivity index (χ1) is 11.7. The maximum Gasteiger partial charge on any atom is 0.243 e. The molecule has 136 valence electrons. The minimum absolute atomic E-state index is 0.000172. The van der Waals surface area contributed by atoms with E-state index >= 15 is 0 Å². The summed E-state index contributed by atoms with van der Waals surface area (Å²) >= 11 is 5.94. The van der Waals surface area contributed by atoms with Crippen LogP contribution in [0.4, 0.5) is 5.69 Å². The van der Waals surface area contributed by atoms with Crippen molar-refractivity contribution in [3.63, 3.8) is 0 Å². The van der Waals surface area contributed by atoms with E-state index < -0.39 is 6.04 Å². The van der Waals surface area contributed by atoms with Crippen LogP contribution in [-0.4, -0.2) is 23.9 Å². The van der Waals surface area contributed by atoms with Crippen molar-refractivity contribution < 1.29 is 9.59 Å². The molecule has 2 aliphatic rings. The second-order valence-electron chi connectivity index (χ2n) is 8.41. The fraction of sp³-hybridized carbons (Fsp3) is 0.600. The van der Waals surface area contributed by atoms with Crippen molar-refractivity contribution in [3.8, 4) is 0 Å². The number of carbonyl (C=O) groups excluding carboxylic acids is 2. The average molecular weight is 363 g/mol. The Labute approximate surface area is 154 Å². The molecule has 2 unspecified atom stereocenters. The smallest absolute Gasteiger partial charge is 0.243 e. The van der Waals surface area contributed by atoms with E-state index in [0.29, 0.717) is 23.8 Å². The highest BCUT2D eigenvalue weighted by Gasteiger charge is 2.39. The number of hydrogen-bond acceptors (Lipinski definition) is 2. The van der Waals surface area contributed by atoms with Crippen LogP contribution in [0.15, 0.2) is 24.3 Å². The third-order valence-corrected chi connectivity index (χ3v) is 5.60. The quantitative estimate of drug-likeness (QED) is 0.877. The molecule has 1 saturated heterocycles. The van der Waals surface area contributed by atoms with Crippen molar-refractivity contribution in [3.05, 3.63) is 29.3 Å². The number of nitrogens with one attached hydrogen (secondary N) is 1. The lowest BCUT2D eigenvalue weighted by Crippen LogP contribution is -2.50. The SMILES string of the molecule is CC1CC(NC(=O)[C@@H]2CCC(=O)N2c2ccc(Cl)cc2)CC(C)(C)C1. The molecule has 3 rings (SSSR count). The van der Waals surface area contributed by atoms with Crippen LogP contribution >= 0.6 is 11.6 Å². The highest BCUT2D eigenvalue weighted by Crippen LogP contribution is 2.38. The molecule has 5 heteroatoms. The van der Waals surface area contributed by atoms with E-state index in [2.05, 4.69) is 26.1 Å². The average Bonchev–Trinajstić information content (AvgIpc) is 2.88. The van der Waals surface area contributed by atoms with Gasteiger partial charge in [-0.05, 0) is 61.3 Å². The van der Waals surface area contributed by atoms with E-state index in [1.165, 1.54) is 6.42 Å². The van der Waals surface area contributed by atoms with E-state index in [9.17, 15) is 9.59 Å². The van der Waals surface area contributed by atoms with Gasteiger partial charge in [-0.2, -0.15) is 0 Å². The number of amides is 2. The zero-order valence-electron chi connectivity index (χ0n) is 15.2. The Kier molecular flexibility index (Phi) is 5.10. The van der Waals surface area contributed by atoms with Crippen LogP contribution in [0.1, 0.15) is 52.9 Å². The van der Waals surface area contributed by atoms with Gasteiger partial charge in [0.1, 0.15) is 6.04 Å². The van der Waals surface area contributed by atoms with Gasteiger partial charge in [-0.1, -0.05) is 32.4 Å². The third kappa shape index (κ3) is 4.17. The van der Waals surface area contributed by atoms with Crippen LogP contribution in [0.5, 0.6) is 0 Å². The van der Waals surface area contributed by atoms with Crippen molar-refractivity contribution in [2.75, 3.05) is 4.90 Å². The van der Waals surface area contributed by atoms with Gasteiger partial charge in [-0.3, -0.25) is 14.5 Å². The highest BCUT2D eigenvalue weighted by molar-refractivity contribution is 6.30. The Morgan fingerprint density at radius 1 is 1.24 bits per heavy atom. The molecule has 1 aliphatic carbocycles. The summed E-state index contributed by atoms with van der Waals surface area (Å²) < 4.78 is 0. The molecule has 0 aromatic heterocycles. The normalized spacial score (nSPS) is 28.9. The topological polar surface area (TPSA) is 49.4 Å². The Bertz CT molecular complexity index is 656. The monoisotopic (exact) mass is 362 g/mol. The molecule has 0 bridgehead atoms. The van der Waals surface area contributed by atoms with E-state index in [1.54, 1.807) is 29.2 Å². The summed E-state index contributed by atoms with van der Waals surface area (Å²) in [5.41, 5.74) is 0.987. The number of nitrogens with zero attached hydrogens (tertiary/aromatic N) is 1. The zero-order valence-corrected chi connectivity index (χ0v) is 16.0. The molecule has 2 fully saturated rings. The fourth-order valence-corrected chi connectivity index (χ4v) is 4.74. The van der Waals surface area contributed by atoms with Crippen LogP contribution in [-0.2, 0) is 9.59 Å². The first kappa shape index (κ1) is 18.2. The lowest BCUT2D eigenvalue weighted by Gasteiger charge is -2.39. The molecular weight excluding hydrogens is 336 g/mol. The van der Waals surface area contributed by atoms with Gasteiger partial charge in [-0.15, -0.1) is 0 Å². The molecule has 0 spiro atoms. The molecule has 1 N–H and O–H groups in total. The van der Waals surface area contributed by atoms with Gasteiger partial charge >= 0.3 is 0 Å². The molecule has 1 saturated carbocycles. The van der Waals surface area contributed by atoms with Gasteiger partial charge in [0.25, 0.3) is 0 Å². The number of anilines is 1. The minimum Gasteiger partial charge on any atom is -0.352 e. The van der Waals surface area contributed by atoms with Crippen LogP contribution in [0, 0.1) is 11.3 Å². The Morgan fingerprint density at radius 3 is 2.56 bits per heavy atom. The van der Waals surface area contributed by atoms with Gasteiger partial charge in [-0.25, -0.2) is 0 Å². The predicted octanol–water partition coefficient (Wildman–Crippen LogP) is 4.17. The van der Waals surface area contributed by atoms with E-state index in [1.807, 2.05) is 0 Å². The first-order valence-corrected chi connectivity index (χ1v) is 9.51. The fourth-order valence-electron chi connectivity index (χ4n) is 4.61. The molecule has 1 aromatic carbocycles. The molecule has 0 radical (unpaired) electrons. The van der Waals surface area contributed by atoms with Gasteiger partial charge in [0.05, 0.1) is 0 Å². The van der Waals surface area contributed by atoms with Crippen LogP contribution < -0.4 is 10.2 Å². The number of carbonyl (C=O) groups is 2. The summed E-state index contributed by atoms with van der Waals surface area (Å²) in [6.07, 6.45) is 4.17. The predicted molar refractivity (Wildman–Crippen MR) is 101 cm³/mol. The summed E-state index contributed by atoms with van der Waals surface area (Å²) in [7, 11) is 0. The highest BCUT2D eigenvalue weighted by atomic mass is 35.5. The summed E-state index contributed by atoms with van der Waals surface area (Å²) in [5, 5.41) is 3.84. The van der Waals surface area contributed by atoms with Crippen molar-refractivity contribution in [2.45, 2.75) is 65.0 Å². The largest absolute Gasteiger partial charge is 0.352 e. The minimum atomic E-state index is -0.422. The molecule has 1 aromatic rings. The molecule has 1 heterocycles. The second-order valence-corrected chi connectivity index (χ2v) is 8.85. The lowest BCUT2D eigenvalue weighted by atomic mass is 9.70. The van der Waals surface area contributed by atoms with Crippen molar-refractivity contribution in [2.24, 2.45) is 11.3 Å². The Hall–Kier alpha value is -1.55. The molecule has 3 atom stereocenters. The summed E-state index contributed by atoms with van der Waals surface area (Å²) in [6, 6.07) is 6.88. The van der Waals surface area contributed by atoms with Crippen molar-refractivity contribution in [1.29, 1.82) is 0 Å². The molecule has 2 amide bonds. The van der Waals surface area contributed by atoms with Crippen LogP contribution in [0.2, 0.25) is 5.02 Å². The number of benzene rings is 1. The third-order valence-electron chi connectivity index (χ3n) is 5.35. The maximum absolute atomic E-state index is 12.9. The molecular formula is C20H27ClN2O2. The van der Waals surface area contributed by atoms with Gasteiger partial charge in [0.15, 0.2) is 0 Å². The Morgan fingerprint density at radius 2 is 1.92 bits per heavy atom. The standard InChI is InChI=1S/C20H27ClN2O2/c1-13-10-15(12-20(2,3)11-13)22-19(25)17-8-9-18(24)23(17)16-6-4-14(21)5-7-16/h4-7,13,15,17H,8-12H2,1-3H3,(H,22,25)/t13?,15?,17-/m0/s1. The van der Waals surface area contributed by atoms with Crippen LogP contribution in [0.3, 0.4) is 0 Å². The summed E-state index contributed by atoms with van der Waals surface area (Å²) in [5.74, 6) is 0.571. The zero-order chi connectivity index (χ0) is 18.2. The van der Waals surface area contributed by atoms with E-state index in [-0.39, 0.29) is 23.3 Å². The Balaban J connectivity index is 1.72. The van der Waals surface area contributed by atoms with Gasteiger partial charge in [0, 0.05) is 23.2 Å². The van der Waals surface area contributed by atoms with E-state index in [4.69, 9.17) is 11.6 Å². The first-order valence-electron chi connectivity index (χ1n) is 9.13.